The van der Waals surface area contributed by atoms with Gasteiger partial charge in [0.1, 0.15) is 0 Å². The van der Waals surface area contributed by atoms with Crippen LogP contribution in [0.3, 0.4) is 0 Å². The summed E-state index contributed by atoms with van der Waals surface area (Å²) in [5.74, 6) is 6.46. The highest BCUT2D eigenvalue weighted by Gasteiger charge is 2.20. The molecular weight excluding hydrogens is 214 g/mol. The molecule has 1 aromatic rings. The Morgan fingerprint density at radius 2 is 2.12 bits per heavy atom. The fraction of sp³-hybridized carbons (Fsp3) is 0.833. The molecule has 1 aliphatic rings. The molecule has 3 N–H and O–H groups in total. The van der Waals surface area contributed by atoms with E-state index in [9.17, 15) is 0 Å². The van der Waals surface area contributed by atoms with Crippen molar-refractivity contribution < 1.29 is 0 Å². The monoisotopic (exact) mass is 237 g/mol. The van der Waals surface area contributed by atoms with Crippen LogP contribution in [0.4, 0.5) is 0 Å². The molecule has 1 unspecified atom stereocenters. The van der Waals surface area contributed by atoms with Crippen molar-refractivity contribution in [1.82, 2.24) is 20.4 Å². The zero-order valence-electron chi connectivity index (χ0n) is 10.6. The molecule has 5 nitrogen and oxygen atoms in total. The van der Waals surface area contributed by atoms with Gasteiger partial charge in [-0.3, -0.25) is 16.0 Å². The minimum Gasteiger partial charge on any atom is -0.271 e. The molecule has 5 heteroatoms. The predicted molar refractivity (Wildman–Crippen MR) is 66.9 cm³/mol. The molecule has 96 valence electrons. The van der Waals surface area contributed by atoms with Gasteiger partial charge in [0.15, 0.2) is 0 Å². The first-order valence-corrected chi connectivity index (χ1v) is 6.62. The Morgan fingerprint density at radius 1 is 1.41 bits per heavy atom. The molecule has 1 aromatic heterocycles. The lowest BCUT2D eigenvalue weighted by atomic mass is 9.92. The molecule has 0 bridgehead atoms. The average molecular weight is 237 g/mol. The van der Waals surface area contributed by atoms with Crippen LogP contribution < -0.4 is 11.3 Å². The highest BCUT2D eigenvalue weighted by Crippen LogP contribution is 2.30. The van der Waals surface area contributed by atoms with Gasteiger partial charge in [-0.2, -0.15) is 0 Å². The van der Waals surface area contributed by atoms with Crippen LogP contribution in [0, 0.1) is 5.92 Å². The molecule has 0 spiro atoms. The molecule has 17 heavy (non-hydrogen) atoms. The number of hydrogen-bond donors (Lipinski definition) is 2. The Labute approximate surface area is 103 Å². The minimum atomic E-state index is 0.179. The molecule has 0 amide bonds. The number of rotatable bonds is 4. The minimum absolute atomic E-state index is 0.179. The Morgan fingerprint density at radius 3 is 2.65 bits per heavy atom. The average Bonchev–Trinajstić information content (AvgIpc) is 2.62. The number of aromatic nitrogens is 3. The highest BCUT2D eigenvalue weighted by atomic mass is 15.4. The van der Waals surface area contributed by atoms with E-state index in [1.54, 1.807) is 10.9 Å². The van der Waals surface area contributed by atoms with Crippen molar-refractivity contribution in [3.8, 4) is 0 Å². The second kappa shape index (κ2) is 6.12. The molecule has 0 aliphatic heterocycles. The van der Waals surface area contributed by atoms with E-state index >= 15 is 0 Å². The molecule has 0 saturated heterocycles. The normalized spacial score (nSPS) is 20.1. The molecule has 1 fully saturated rings. The third kappa shape index (κ3) is 3.26. The van der Waals surface area contributed by atoms with Crippen LogP contribution in [-0.2, 0) is 7.05 Å². The van der Waals surface area contributed by atoms with Crippen molar-refractivity contribution >= 4 is 0 Å². The number of nitrogens with one attached hydrogen (secondary N) is 1. The van der Waals surface area contributed by atoms with Gasteiger partial charge in [-0.25, -0.2) is 0 Å². The summed E-state index contributed by atoms with van der Waals surface area (Å²) in [4.78, 5) is 0. The van der Waals surface area contributed by atoms with Crippen LogP contribution in [0.1, 0.15) is 56.7 Å². The van der Waals surface area contributed by atoms with Crippen molar-refractivity contribution in [3.63, 3.8) is 0 Å². The number of nitrogens with two attached hydrogens (primary N) is 1. The van der Waals surface area contributed by atoms with E-state index in [1.807, 2.05) is 7.05 Å². The summed E-state index contributed by atoms with van der Waals surface area (Å²) in [6.45, 7) is 0. The fourth-order valence-electron chi connectivity index (χ4n) is 2.82. The van der Waals surface area contributed by atoms with Gasteiger partial charge in [0.2, 0.25) is 0 Å². The Bertz CT molecular complexity index is 327. The zero-order valence-corrected chi connectivity index (χ0v) is 10.6. The first-order chi connectivity index (χ1) is 8.31. The molecular formula is C12H23N5. The molecule has 1 saturated carbocycles. The molecule has 0 aromatic carbocycles. The zero-order chi connectivity index (χ0) is 12.1. The number of nitrogens with zero attached hydrogens (tertiary/aromatic N) is 3. The van der Waals surface area contributed by atoms with Gasteiger partial charge in [0, 0.05) is 7.05 Å². The van der Waals surface area contributed by atoms with E-state index in [4.69, 9.17) is 5.84 Å². The first kappa shape index (κ1) is 12.5. The van der Waals surface area contributed by atoms with Gasteiger partial charge in [-0.1, -0.05) is 43.7 Å². The first-order valence-electron chi connectivity index (χ1n) is 6.62. The van der Waals surface area contributed by atoms with Crippen molar-refractivity contribution in [3.05, 3.63) is 11.9 Å². The summed E-state index contributed by atoms with van der Waals surface area (Å²) in [7, 11) is 1.92. The second-order valence-corrected chi connectivity index (χ2v) is 5.10. The van der Waals surface area contributed by atoms with Crippen LogP contribution in [0.5, 0.6) is 0 Å². The quantitative estimate of drug-likeness (QED) is 0.475. The van der Waals surface area contributed by atoms with Crippen LogP contribution in [0.2, 0.25) is 0 Å². The Hall–Kier alpha value is -0.940. The summed E-state index contributed by atoms with van der Waals surface area (Å²) in [5, 5.41) is 7.89. The molecule has 2 rings (SSSR count). The third-order valence-electron chi connectivity index (χ3n) is 3.85. The van der Waals surface area contributed by atoms with Gasteiger partial charge in [0.05, 0.1) is 17.9 Å². The van der Waals surface area contributed by atoms with Gasteiger partial charge in [-0.05, 0) is 12.3 Å². The summed E-state index contributed by atoms with van der Waals surface area (Å²) >= 11 is 0. The van der Waals surface area contributed by atoms with Gasteiger partial charge in [-0.15, -0.1) is 5.10 Å². The third-order valence-corrected chi connectivity index (χ3v) is 3.85. The second-order valence-electron chi connectivity index (χ2n) is 5.10. The lowest BCUT2D eigenvalue weighted by Crippen LogP contribution is -2.31. The topological polar surface area (TPSA) is 68.8 Å². The van der Waals surface area contributed by atoms with Crippen molar-refractivity contribution in [1.29, 1.82) is 0 Å². The van der Waals surface area contributed by atoms with Gasteiger partial charge in [0.25, 0.3) is 0 Å². The number of aryl methyl sites for hydroxylation is 1. The van der Waals surface area contributed by atoms with Crippen molar-refractivity contribution in [2.24, 2.45) is 18.8 Å². The standard InChI is InChI=1S/C12H23N5/c1-17-12(9-14-16-17)11(15-13)8-10-6-4-2-3-5-7-10/h9-11,15H,2-8,13H2,1H3. The van der Waals surface area contributed by atoms with E-state index < -0.39 is 0 Å². The molecule has 1 atom stereocenters. The van der Waals surface area contributed by atoms with E-state index in [0.29, 0.717) is 0 Å². The summed E-state index contributed by atoms with van der Waals surface area (Å²) < 4.78 is 1.81. The van der Waals surface area contributed by atoms with Crippen LogP contribution in [-0.4, -0.2) is 15.0 Å². The van der Waals surface area contributed by atoms with Crippen LogP contribution in [0.15, 0.2) is 6.20 Å². The maximum absolute atomic E-state index is 5.67. The summed E-state index contributed by atoms with van der Waals surface area (Å²) in [6, 6.07) is 0.179. The van der Waals surface area contributed by atoms with Gasteiger partial charge >= 0.3 is 0 Å². The maximum Gasteiger partial charge on any atom is 0.0766 e. The van der Waals surface area contributed by atoms with E-state index in [2.05, 4.69) is 15.7 Å². The lowest BCUT2D eigenvalue weighted by molar-refractivity contribution is 0.348. The van der Waals surface area contributed by atoms with E-state index in [0.717, 1.165) is 18.0 Å². The molecule has 1 heterocycles. The SMILES string of the molecule is Cn1nncc1C(CC1CCCCCC1)NN. The van der Waals surface area contributed by atoms with Crippen molar-refractivity contribution in [2.45, 2.75) is 51.0 Å². The molecule has 0 radical (unpaired) electrons. The van der Waals surface area contributed by atoms with Crippen LogP contribution >= 0.6 is 0 Å². The smallest absolute Gasteiger partial charge is 0.0766 e. The summed E-state index contributed by atoms with van der Waals surface area (Å²) in [5.41, 5.74) is 3.99. The fourth-order valence-corrected chi connectivity index (χ4v) is 2.82. The number of hydrogen-bond acceptors (Lipinski definition) is 4. The van der Waals surface area contributed by atoms with E-state index in [-0.39, 0.29) is 6.04 Å². The van der Waals surface area contributed by atoms with Crippen LogP contribution in [0.25, 0.3) is 0 Å². The molecule has 1 aliphatic carbocycles. The predicted octanol–water partition coefficient (Wildman–Crippen LogP) is 1.68. The van der Waals surface area contributed by atoms with Crippen molar-refractivity contribution in [2.75, 3.05) is 0 Å². The largest absolute Gasteiger partial charge is 0.271 e. The van der Waals surface area contributed by atoms with E-state index in [1.165, 1.54) is 38.5 Å². The Kier molecular flexibility index (Phi) is 4.50. The lowest BCUT2D eigenvalue weighted by Gasteiger charge is -2.21. The van der Waals surface area contributed by atoms with Gasteiger partial charge < -0.3 is 0 Å². The Balaban J connectivity index is 1.97. The number of hydrazine groups is 1. The maximum atomic E-state index is 5.67. The summed E-state index contributed by atoms with van der Waals surface area (Å²) in [6.07, 6.45) is 11.1. The highest BCUT2D eigenvalue weighted by molar-refractivity contribution is 5.01.